The van der Waals surface area contributed by atoms with Crippen LogP contribution in [0, 0.1) is 0 Å². The van der Waals surface area contributed by atoms with Gasteiger partial charge in [-0.3, -0.25) is 4.79 Å². The monoisotopic (exact) mass is 289 g/mol. The maximum absolute atomic E-state index is 11.6. The highest BCUT2D eigenvalue weighted by atomic mass is 16.5. The Hall–Kier alpha value is -2.51. The predicted octanol–water partition coefficient (Wildman–Crippen LogP) is 0.896. The van der Waals surface area contributed by atoms with Crippen LogP contribution in [0.4, 0.5) is 0 Å². The van der Waals surface area contributed by atoms with E-state index in [1.165, 1.54) is 7.11 Å². The Morgan fingerprint density at radius 3 is 2.57 bits per heavy atom. The Morgan fingerprint density at radius 2 is 1.95 bits per heavy atom. The number of ether oxygens (including phenoxy) is 1. The standard InChI is InChI=1S/C13H15N5O3/c1-21-13(20)12-15-7(9(14)19)8-11(18-12)17-10(16-8)6-4-2-3-5-6/h6H,2-5H2,1H3,(H2,14,19)(H,15,16,17,18). The third kappa shape index (κ3) is 2.32. The van der Waals surface area contributed by atoms with Crippen molar-refractivity contribution in [2.45, 2.75) is 31.6 Å². The van der Waals surface area contributed by atoms with Crippen molar-refractivity contribution in [2.75, 3.05) is 7.11 Å². The van der Waals surface area contributed by atoms with Crippen LogP contribution in [-0.4, -0.2) is 38.9 Å². The van der Waals surface area contributed by atoms with Gasteiger partial charge in [0.25, 0.3) is 5.91 Å². The van der Waals surface area contributed by atoms with Crippen molar-refractivity contribution in [1.29, 1.82) is 0 Å². The molecule has 1 amide bonds. The van der Waals surface area contributed by atoms with Gasteiger partial charge in [-0.25, -0.2) is 19.7 Å². The number of fused-ring (bicyclic) bond motifs is 1. The van der Waals surface area contributed by atoms with E-state index in [4.69, 9.17) is 5.73 Å². The van der Waals surface area contributed by atoms with Gasteiger partial charge < -0.3 is 15.5 Å². The van der Waals surface area contributed by atoms with E-state index < -0.39 is 11.9 Å². The topological polar surface area (TPSA) is 124 Å². The predicted molar refractivity (Wildman–Crippen MR) is 72.8 cm³/mol. The second kappa shape index (κ2) is 5.12. The van der Waals surface area contributed by atoms with E-state index >= 15 is 0 Å². The summed E-state index contributed by atoms with van der Waals surface area (Å²) in [5, 5.41) is 0. The van der Waals surface area contributed by atoms with Gasteiger partial charge in [-0.15, -0.1) is 0 Å². The first-order valence-electron chi connectivity index (χ1n) is 6.76. The SMILES string of the molecule is COC(=O)c1nc(C(N)=O)c2[nH]c(C3CCCC3)nc2n1. The van der Waals surface area contributed by atoms with Crippen molar-refractivity contribution in [3.63, 3.8) is 0 Å². The number of H-pyrrole nitrogens is 1. The van der Waals surface area contributed by atoms with Gasteiger partial charge in [0.2, 0.25) is 5.82 Å². The molecule has 3 rings (SSSR count). The number of rotatable bonds is 3. The van der Waals surface area contributed by atoms with E-state index in [0.717, 1.165) is 31.5 Å². The first-order valence-corrected chi connectivity index (χ1v) is 6.76. The van der Waals surface area contributed by atoms with Crippen molar-refractivity contribution in [3.05, 3.63) is 17.3 Å². The van der Waals surface area contributed by atoms with Crippen LogP contribution in [0.3, 0.4) is 0 Å². The number of amides is 1. The van der Waals surface area contributed by atoms with Crippen LogP contribution >= 0.6 is 0 Å². The van der Waals surface area contributed by atoms with Crippen LogP contribution in [0.25, 0.3) is 11.2 Å². The summed E-state index contributed by atoms with van der Waals surface area (Å²) in [6.45, 7) is 0. The molecule has 0 radical (unpaired) electrons. The molecule has 0 spiro atoms. The molecule has 0 unspecified atom stereocenters. The fraction of sp³-hybridized carbons (Fsp3) is 0.462. The van der Waals surface area contributed by atoms with Crippen molar-refractivity contribution in [3.8, 4) is 0 Å². The summed E-state index contributed by atoms with van der Waals surface area (Å²) in [7, 11) is 1.22. The van der Waals surface area contributed by atoms with Gasteiger partial charge in [-0.05, 0) is 12.8 Å². The Labute approximate surface area is 120 Å². The molecule has 2 aromatic rings. The molecule has 1 saturated carbocycles. The number of primary amides is 1. The summed E-state index contributed by atoms with van der Waals surface area (Å²) < 4.78 is 4.57. The van der Waals surface area contributed by atoms with E-state index in [1.807, 2.05) is 0 Å². The van der Waals surface area contributed by atoms with E-state index in [2.05, 4.69) is 24.7 Å². The average molecular weight is 289 g/mol. The Morgan fingerprint density at radius 1 is 1.24 bits per heavy atom. The number of nitrogens with one attached hydrogen (secondary N) is 1. The van der Waals surface area contributed by atoms with Gasteiger partial charge in [-0.2, -0.15) is 0 Å². The minimum Gasteiger partial charge on any atom is -0.463 e. The average Bonchev–Trinajstić information content (AvgIpc) is 3.13. The maximum atomic E-state index is 11.6. The molecule has 2 aromatic heterocycles. The fourth-order valence-corrected chi connectivity index (χ4v) is 2.67. The molecule has 0 aliphatic heterocycles. The molecule has 0 bridgehead atoms. The largest absolute Gasteiger partial charge is 0.463 e. The van der Waals surface area contributed by atoms with Crippen LogP contribution in [0.1, 0.15) is 58.5 Å². The van der Waals surface area contributed by atoms with Crippen LogP contribution in [0.15, 0.2) is 0 Å². The Kier molecular flexibility index (Phi) is 3.28. The highest BCUT2D eigenvalue weighted by Gasteiger charge is 2.24. The van der Waals surface area contributed by atoms with Crippen LogP contribution in [0.5, 0.6) is 0 Å². The van der Waals surface area contributed by atoms with Gasteiger partial charge in [0.1, 0.15) is 11.3 Å². The van der Waals surface area contributed by atoms with Gasteiger partial charge in [0, 0.05) is 5.92 Å². The van der Waals surface area contributed by atoms with Gasteiger partial charge in [0.15, 0.2) is 11.3 Å². The van der Waals surface area contributed by atoms with Gasteiger partial charge in [0.05, 0.1) is 7.11 Å². The molecule has 8 nitrogen and oxygen atoms in total. The number of methoxy groups -OCH3 is 1. The molecule has 3 N–H and O–H groups in total. The van der Waals surface area contributed by atoms with Crippen molar-refractivity contribution < 1.29 is 14.3 Å². The highest BCUT2D eigenvalue weighted by molar-refractivity contribution is 6.02. The number of aromatic nitrogens is 4. The summed E-state index contributed by atoms with van der Waals surface area (Å²) in [4.78, 5) is 38.5. The zero-order valence-corrected chi connectivity index (χ0v) is 11.5. The Bertz CT molecular complexity index is 718. The lowest BCUT2D eigenvalue weighted by Crippen LogP contribution is -2.18. The van der Waals surface area contributed by atoms with Crippen molar-refractivity contribution >= 4 is 23.0 Å². The number of imidazole rings is 1. The molecule has 2 heterocycles. The van der Waals surface area contributed by atoms with E-state index in [0.29, 0.717) is 11.4 Å². The van der Waals surface area contributed by atoms with E-state index in [9.17, 15) is 9.59 Å². The first kappa shape index (κ1) is 13.5. The minimum atomic E-state index is -0.742. The molecular formula is C13H15N5O3. The number of nitrogens with two attached hydrogens (primary N) is 1. The molecule has 0 saturated heterocycles. The van der Waals surface area contributed by atoms with Gasteiger partial charge in [-0.1, -0.05) is 12.8 Å². The van der Waals surface area contributed by atoms with Crippen molar-refractivity contribution in [1.82, 2.24) is 19.9 Å². The molecule has 1 fully saturated rings. The molecule has 1 aliphatic carbocycles. The third-order valence-corrected chi connectivity index (χ3v) is 3.71. The summed E-state index contributed by atoms with van der Waals surface area (Å²) >= 11 is 0. The quantitative estimate of drug-likeness (QED) is 0.809. The molecule has 0 aromatic carbocycles. The number of esters is 1. The molecule has 110 valence electrons. The van der Waals surface area contributed by atoms with Crippen molar-refractivity contribution in [2.24, 2.45) is 5.73 Å². The van der Waals surface area contributed by atoms with E-state index in [-0.39, 0.29) is 17.2 Å². The number of aromatic amines is 1. The summed E-state index contributed by atoms with van der Waals surface area (Å²) in [6, 6.07) is 0. The summed E-state index contributed by atoms with van der Waals surface area (Å²) in [5.41, 5.74) is 5.92. The second-order valence-corrected chi connectivity index (χ2v) is 5.05. The lowest BCUT2D eigenvalue weighted by Gasteiger charge is -2.02. The number of hydrogen-bond donors (Lipinski definition) is 2. The molecule has 8 heteroatoms. The van der Waals surface area contributed by atoms with Crippen LogP contribution in [-0.2, 0) is 4.74 Å². The molecular weight excluding hydrogens is 274 g/mol. The number of nitrogens with zero attached hydrogens (tertiary/aromatic N) is 3. The first-order chi connectivity index (χ1) is 10.1. The Balaban J connectivity index is 2.15. The fourth-order valence-electron chi connectivity index (χ4n) is 2.67. The third-order valence-electron chi connectivity index (χ3n) is 3.71. The molecule has 0 atom stereocenters. The minimum absolute atomic E-state index is 0.0443. The lowest BCUT2D eigenvalue weighted by molar-refractivity contribution is 0.0587. The highest BCUT2D eigenvalue weighted by Crippen LogP contribution is 2.33. The lowest BCUT2D eigenvalue weighted by atomic mass is 10.1. The molecule has 1 aliphatic rings. The van der Waals surface area contributed by atoms with Gasteiger partial charge >= 0.3 is 5.97 Å². The van der Waals surface area contributed by atoms with Crippen LogP contribution < -0.4 is 5.73 Å². The summed E-state index contributed by atoms with van der Waals surface area (Å²) in [5.74, 6) is -0.606. The number of hydrogen-bond acceptors (Lipinski definition) is 6. The second-order valence-electron chi connectivity index (χ2n) is 5.05. The summed E-state index contributed by atoms with van der Waals surface area (Å²) in [6.07, 6.45) is 4.40. The van der Waals surface area contributed by atoms with E-state index in [1.54, 1.807) is 0 Å². The van der Waals surface area contributed by atoms with Crippen LogP contribution in [0.2, 0.25) is 0 Å². The normalized spacial score (nSPS) is 15.5. The zero-order valence-electron chi connectivity index (χ0n) is 11.5. The number of carbonyl (C=O) groups is 2. The number of carbonyl (C=O) groups excluding carboxylic acids is 2. The molecule has 21 heavy (non-hydrogen) atoms. The smallest absolute Gasteiger partial charge is 0.376 e. The maximum Gasteiger partial charge on any atom is 0.376 e. The zero-order chi connectivity index (χ0) is 15.0.